The summed E-state index contributed by atoms with van der Waals surface area (Å²) in [6.07, 6.45) is -2.77. The second-order valence-corrected chi connectivity index (χ2v) is 6.95. The lowest BCUT2D eigenvalue weighted by Gasteiger charge is -2.38. The van der Waals surface area contributed by atoms with Crippen LogP contribution in [0.1, 0.15) is 18.4 Å². The molecule has 0 saturated carbocycles. The number of piperidine rings is 1. The summed E-state index contributed by atoms with van der Waals surface area (Å²) < 4.78 is 38.3. The molecule has 6 nitrogen and oxygen atoms in total. The molecule has 1 aromatic carbocycles. The maximum atomic E-state index is 12.8. The first-order valence-corrected chi connectivity index (χ1v) is 8.71. The summed E-state index contributed by atoms with van der Waals surface area (Å²) in [5.74, 6) is -0.378. The number of benzene rings is 1. The maximum Gasteiger partial charge on any atom is 0.416 e. The van der Waals surface area contributed by atoms with E-state index in [1.807, 2.05) is 4.90 Å². The van der Waals surface area contributed by atoms with Crippen molar-refractivity contribution in [3.63, 3.8) is 0 Å². The highest BCUT2D eigenvalue weighted by molar-refractivity contribution is 5.92. The van der Waals surface area contributed by atoms with E-state index in [-0.39, 0.29) is 30.2 Å². The van der Waals surface area contributed by atoms with E-state index in [0.717, 1.165) is 25.0 Å². The minimum Gasteiger partial charge on any atom is -0.331 e. The van der Waals surface area contributed by atoms with E-state index in [2.05, 4.69) is 5.32 Å². The van der Waals surface area contributed by atoms with Crippen LogP contribution in [0.4, 0.5) is 23.7 Å². The van der Waals surface area contributed by atoms with Gasteiger partial charge in [-0.1, -0.05) is 6.07 Å². The Morgan fingerprint density at radius 3 is 2.59 bits per heavy atom. The average molecular weight is 386 g/mol. The highest BCUT2D eigenvalue weighted by atomic mass is 19.4. The summed E-state index contributed by atoms with van der Waals surface area (Å²) >= 11 is 0. The lowest BCUT2D eigenvalue weighted by Crippen LogP contribution is -2.52. The topological polar surface area (TPSA) is 55.9 Å². The van der Waals surface area contributed by atoms with Gasteiger partial charge in [-0.05, 0) is 37.6 Å². The van der Waals surface area contributed by atoms with Crippen molar-refractivity contribution in [2.75, 3.05) is 46.1 Å². The van der Waals surface area contributed by atoms with E-state index in [1.165, 1.54) is 17.0 Å². The number of hydrogen-bond donors (Lipinski definition) is 1. The smallest absolute Gasteiger partial charge is 0.331 e. The summed E-state index contributed by atoms with van der Waals surface area (Å²) in [5, 5.41) is 2.52. The van der Waals surface area contributed by atoms with Crippen LogP contribution in [0.25, 0.3) is 0 Å². The molecule has 0 aliphatic carbocycles. The Hall–Kier alpha value is -2.29. The minimum absolute atomic E-state index is 0.00462. The van der Waals surface area contributed by atoms with Gasteiger partial charge in [0.15, 0.2) is 0 Å². The van der Waals surface area contributed by atoms with Gasteiger partial charge in [-0.15, -0.1) is 0 Å². The van der Waals surface area contributed by atoms with Crippen molar-refractivity contribution >= 4 is 17.6 Å². The molecule has 9 heteroatoms. The summed E-state index contributed by atoms with van der Waals surface area (Å²) in [4.78, 5) is 29.4. The summed E-state index contributed by atoms with van der Waals surface area (Å²) in [5.41, 5.74) is -0.689. The number of amides is 3. The Morgan fingerprint density at radius 1 is 1.26 bits per heavy atom. The number of nitrogens with zero attached hydrogens (tertiary/aromatic N) is 3. The van der Waals surface area contributed by atoms with Crippen molar-refractivity contribution in [2.45, 2.75) is 25.1 Å². The van der Waals surface area contributed by atoms with Crippen molar-refractivity contribution in [1.29, 1.82) is 0 Å². The first-order chi connectivity index (χ1) is 12.6. The van der Waals surface area contributed by atoms with Gasteiger partial charge in [0.2, 0.25) is 5.91 Å². The van der Waals surface area contributed by atoms with Gasteiger partial charge >= 0.3 is 12.2 Å². The van der Waals surface area contributed by atoms with Crippen LogP contribution in [0.15, 0.2) is 24.3 Å². The first kappa shape index (κ1) is 21.0. The van der Waals surface area contributed by atoms with E-state index in [1.54, 1.807) is 26.0 Å². The van der Waals surface area contributed by atoms with Crippen LogP contribution in [-0.2, 0) is 11.0 Å². The third kappa shape index (κ3) is 5.85. The van der Waals surface area contributed by atoms with E-state index in [0.29, 0.717) is 13.1 Å². The highest BCUT2D eigenvalue weighted by Gasteiger charge is 2.31. The van der Waals surface area contributed by atoms with Crippen LogP contribution in [0.5, 0.6) is 0 Å². The average Bonchev–Trinajstić information content (AvgIpc) is 2.60. The van der Waals surface area contributed by atoms with Crippen LogP contribution in [0.3, 0.4) is 0 Å². The van der Waals surface area contributed by atoms with Gasteiger partial charge in [0.25, 0.3) is 0 Å². The lowest BCUT2D eigenvalue weighted by molar-refractivity contribution is -0.137. The molecule has 1 aliphatic rings. The normalized spacial score (nSPS) is 18.1. The lowest BCUT2D eigenvalue weighted by atomic mass is 10.0. The summed E-state index contributed by atoms with van der Waals surface area (Å²) in [6.45, 7) is 1.32. The molecule has 1 N–H and O–H groups in total. The predicted octanol–water partition coefficient (Wildman–Crippen LogP) is 2.72. The number of halogens is 3. The molecule has 27 heavy (non-hydrogen) atoms. The zero-order valence-electron chi connectivity index (χ0n) is 15.7. The van der Waals surface area contributed by atoms with Crippen LogP contribution in [0.2, 0.25) is 0 Å². The molecule has 1 unspecified atom stereocenters. The number of hydrogen-bond acceptors (Lipinski definition) is 3. The fourth-order valence-corrected chi connectivity index (χ4v) is 3.14. The van der Waals surface area contributed by atoms with Crippen LogP contribution in [-0.4, -0.2) is 73.5 Å². The Bertz CT molecular complexity index is 679. The molecule has 0 radical (unpaired) electrons. The molecule has 1 aliphatic heterocycles. The van der Waals surface area contributed by atoms with Gasteiger partial charge in [0.1, 0.15) is 0 Å². The second kappa shape index (κ2) is 8.60. The quantitative estimate of drug-likeness (QED) is 0.866. The molecular weight excluding hydrogens is 361 g/mol. The molecule has 2 rings (SSSR count). The third-order valence-corrected chi connectivity index (χ3v) is 4.55. The van der Waals surface area contributed by atoms with Gasteiger partial charge in [-0.25, -0.2) is 4.79 Å². The molecule has 1 atom stereocenters. The van der Waals surface area contributed by atoms with Crippen LogP contribution in [0, 0.1) is 0 Å². The van der Waals surface area contributed by atoms with Crippen molar-refractivity contribution in [3.05, 3.63) is 29.8 Å². The number of alkyl halides is 3. The second-order valence-electron chi connectivity index (χ2n) is 6.95. The number of likely N-dealkylation sites (N-methyl/N-ethyl adjacent to an activating group) is 1. The van der Waals surface area contributed by atoms with Gasteiger partial charge < -0.3 is 15.1 Å². The van der Waals surface area contributed by atoms with Gasteiger partial charge in [-0.2, -0.15) is 13.2 Å². The van der Waals surface area contributed by atoms with Gasteiger partial charge in [0, 0.05) is 39.4 Å². The highest BCUT2D eigenvalue weighted by Crippen LogP contribution is 2.30. The summed E-state index contributed by atoms with van der Waals surface area (Å²) in [6, 6.07) is 4.46. The number of carbonyl (C=O) groups is 2. The third-order valence-electron chi connectivity index (χ3n) is 4.55. The Morgan fingerprint density at radius 2 is 1.96 bits per heavy atom. The fourth-order valence-electron chi connectivity index (χ4n) is 3.14. The first-order valence-electron chi connectivity index (χ1n) is 8.71. The monoisotopic (exact) mass is 386 g/mol. The Kier molecular flexibility index (Phi) is 6.69. The standard InChI is InChI=1S/C18H25F3N4O2/c1-23(2)17(27)24(3)15-8-5-9-25(11-15)12-16(26)22-14-7-4-6-13(10-14)18(19,20)21/h4,6-7,10,15H,5,8-9,11-12H2,1-3H3,(H,22,26). The Labute approximate surface area is 156 Å². The zero-order chi connectivity index (χ0) is 20.2. The van der Waals surface area contributed by atoms with Crippen molar-refractivity contribution < 1.29 is 22.8 Å². The molecule has 1 aromatic rings. The molecule has 0 aromatic heterocycles. The van der Waals surface area contributed by atoms with Gasteiger partial charge in [-0.3, -0.25) is 9.69 Å². The molecular formula is C18H25F3N4O2. The molecule has 150 valence electrons. The van der Waals surface area contributed by atoms with E-state index in [4.69, 9.17) is 0 Å². The van der Waals surface area contributed by atoms with Crippen LogP contribution >= 0.6 is 0 Å². The number of nitrogens with one attached hydrogen (secondary N) is 1. The molecule has 0 bridgehead atoms. The largest absolute Gasteiger partial charge is 0.416 e. The molecule has 1 fully saturated rings. The summed E-state index contributed by atoms with van der Waals surface area (Å²) in [7, 11) is 5.10. The fraction of sp³-hybridized carbons (Fsp3) is 0.556. The molecule has 0 spiro atoms. The SMILES string of the molecule is CN(C)C(=O)N(C)C1CCCN(CC(=O)Nc2cccc(C(F)(F)F)c2)C1. The van der Waals surface area contributed by atoms with Crippen molar-refractivity contribution in [1.82, 2.24) is 14.7 Å². The van der Waals surface area contributed by atoms with E-state index < -0.39 is 11.7 Å². The molecule has 3 amide bonds. The van der Waals surface area contributed by atoms with E-state index >= 15 is 0 Å². The number of rotatable bonds is 4. The number of carbonyl (C=O) groups excluding carboxylic acids is 2. The maximum absolute atomic E-state index is 12.8. The molecule has 1 saturated heterocycles. The number of likely N-dealkylation sites (tertiary alicyclic amines) is 1. The zero-order valence-corrected chi connectivity index (χ0v) is 15.7. The minimum atomic E-state index is -4.45. The molecule has 1 heterocycles. The van der Waals surface area contributed by atoms with Crippen molar-refractivity contribution in [3.8, 4) is 0 Å². The predicted molar refractivity (Wildman–Crippen MR) is 96.4 cm³/mol. The van der Waals surface area contributed by atoms with Crippen molar-refractivity contribution in [2.24, 2.45) is 0 Å². The van der Waals surface area contributed by atoms with Crippen LogP contribution < -0.4 is 5.32 Å². The number of anilines is 1. The Balaban J connectivity index is 1.93. The van der Waals surface area contributed by atoms with E-state index in [9.17, 15) is 22.8 Å². The van der Waals surface area contributed by atoms with Gasteiger partial charge in [0.05, 0.1) is 12.1 Å². The number of urea groups is 1.